The van der Waals surface area contributed by atoms with Gasteiger partial charge in [-0.1, -0.05) is 6.07 Å². The number of halogens is 4. The van der Waals surface area contributed by atoms with E-state index in [-0.39, 0.29) is 18.2 Å². The molecule has 2 rings (SSSR count). The van der Waals surface area contributed by atoms with Crippen LogP contribution in [0.2, 0.25) is 0 Å². The highest BCUT2D eigenvalue weighted by Crippen LogP contribution is 2.32. The third kappa shape index (κ3) is 3.93. The van der Waals surface area contributed by atoms with Crippen LogP contribution in [0.25, 0.3) is 0 Å². The molecule has 0 radical (unpaired) electrons. The van der Waals surface area contributed by atoms with E-state index in [4.69, 9.17) is 0 Å². The molecule has 0 bridgehead atoms. The van der Waals surface area contributed by atoms with Crippen molar-refractivity contribution in [3.63, 3.8) is 0 Å². The van der Waals surface area contributed by atoms with E-state index >= 15 is 0 Å². The number of aliphatic hydroxyl groups excluding tert-OH is 1. The van der Waals surface area contributed by atoms with Crippen LogP contribution in [0, 0.1) is 11.7 Å². The highest BCUT2D eigenvalue weighted by atomic mass is 19.4. The van der Waals surface area contributed by atoms with Crippen LogP contribution in [0.1, 0.15) is 30.4 Å². The minimum absolute atomic E-state index is 0.0393. The van der Waals surface area contributed by atoms with Gasteiger partial charge in [-0.15, -0.1) is 0 Å². The Hall–Kier alpha value is -1.14. The van der Waals surface area contributed by atoms with Gasteiger partial charge in [0.15, 0.2) is 0 Å². The van der Waals surface area contributed by atoms with Crippen LogP contribution < -0.4 is 5.32 Å². The quantitative estimate of drug-likeness (QED) is 0.836. The van der Waals surface area contributed by atoms with Crippen molar-refractivity contribution < 1.29 is 22.7 Å². The van der Waals surface area contributed by atoms with E-state index in [1.165, 1.54) is 0 Å². The molecule has 0 spiro atoms. The van der Waals surface area contributed by atoms with E-state index in [0.29, 0.717) is 24.9 Å². The van der Waals surface area contributed by atoms with Gasteiger partial charge in [0.1, 0.15) is 5.82 Å². The van der Waals surface area contributed by atoms with Crippen molar-refractivity contribution >= 4 is 0 Å². The maximum atomic E-state index is 12.9. The first-order valence-corrected chi connectivity index (χ1v) is 6.60. The second-order valence-electron chi connectivity index (χ2n) is 5.26. The molecule has 1 aliphatic carbocycles. The maximum Gasteiger partial charge on any atom is 0.416 e. The predicted octanol–water partition coefficient (Wildman–Crippen LogP) is 3.10. The lowest BCUT2D eigenvalue weighted by atomic mass is 10.1. The molecule has 2 atom stereocenters. The van der Waals surface area contributed by atoms with E-state index in [1.807, 2.05) is 0 Å². The van der Waals surface area contributed by atoms with E-state index < -0.39 is 17.6 Å². The zero-order chi connectivity index (χ0) is 14.8. The SMILES string of the molecule is OC1CCC(CNCc2ccc(F)cc2C(F)(F)F)C1. The number of alkyl halides is 3. The van der Waals surface area contributed by atoms with Gasteiger partial charge < -0.3 is 10.4 Å². The van der Waals surface area contributed by atoms with Crippen LogP contribution in [-0.2, 0) is 12.7 Å². The van der Waals surface area contributed by atoms with Crippen LogP contribution in [-0.4, -0.2) is 17.8 Å². The Labute approximate surface area is 114 Å². The molecule has 1 fully saturated rings. The highest BCUT2D eigenvalue weighted by Gasteiger charge is 2.33. The summed E-state index contributed by atoms with van der Waals surface area (Å²) in [6.07, 6.45) is -2.54. The van der Waals surface area contributed by atoms with Gasteiger partial charge in [0.05, 0.1) is 11.7 Å². The van der Waals surface area contributed by atoms with Crippen LogP contribution in [0.15, 0.2) is 18.2 Å². The van der Waals surface area contributed by atoms with E-state index in [2.05, 4.69) is 5.32 Å². The van der Waals surface area contributed by atoms with Gasteiger partial charge in [0, 0.05) is 6.54 Å². The number of hydrogen-bond donors (Lipinski definition) is 2. The number of nitrogens with one attached hydrogen (secondary N) is 1. The number of aliphatic hydroxyl groups is 1. The average molecular weight is 291 g/mol. The van der Waals surface area contributed by atoms with Crippen molar-refractivity contribution in [1.29, 1.82) is 0 Å². The van der Waals surface area contributed by atoms with Crippen molar-refractivity contribution in [2.75, 3.05) is 6.54 Å². The molecule has 0 saturated heterocycles. The second-order valence-corrected chi connectivity index (χ2v) is 5.26. The van der Waals surface area contributed by atoms with Gasteiger partial charge in [-0.2, -0.15) is 13.2 Å². The summed E-state index contributed by atoms with van der Waals surface area (Å²) >= 11 is 0. The van der Waals surface area contributed by atoms with Crippen molar-refractivity contribution in [3.05, 3.63) is 35.1 Å². The largest absolute Gasteiger partial charge is 0.416 e. The van der Waals surface area contributed by atoms with Gasteiger partial charge in [0.25, 0.3) is 0 Å². The summed E-state index contributed by atoms with van der Waals surface area (Å²) in [5.74, 6) is -0.597. The van der Waals surface area contributed by atoms with Gasteiger partial charge >= 0.3 is 6.18 Å². The molecule has 112 valence electrons. The molecule has 1 aromatic rings. The molecular formula is C14H17F4NO. The van der Waals surface area contributed by atoms with Crippen molar-refractivity contribution in [2.24, 2.45) is 5.92 Å². The molecule has 1 aromatic carbocycles. The van der Waals surface area contributed by atoms with Crippen molar-refractivity contribution in [3.8, 4) is 0 Å². The Morgan fingerprint density at radius 3 is 2.60 bits per heavy atom. The molecule has 0 amide bonds. The summed E-state index contributed by atoms with van der Waals surface area (Å²) in [5.41, 5.74) is -0.895. The third-order valence-corrected chi connectivity index (χ3v) is 3.64. The van der Waals surface area contributed by atoms with Crippen molar-refractivity contribution in [1.82, 2.24) is 5.32 Å². The first kappa shape index (κ1) is 15.3. The highest BCUT2D eigenvalue weighted by molar-refractivity contribution is 5.30. The standard InChI is InChI=1S/C14H17F4NO/c15-11-3-2-10(13(6-11)14(16,17)18)8-19-7-9-1-4-12(20)5-9/h2-3,6,9,12,19-20H,1,4-5,7-8H2. The monoisotopic (exact) mass is 291 g/mol. The first-order chi connectivity index (χ1) is 9.36. The number of benzene rings is 1. The van der Waals surface area contributed by atoms with Gasteiger partial charge in [-0.3, -0.25) is 0 Å². The number of hydrogen-bond acceptors (Lipinski definition) is 2. The fraction of sp³-hybridized carbons (Fsp3) is 0.571. The van der Waals surface area contributed by atoms with Gasteiger partial charge in [0.2, 0.25) is 0 Å². The van der Waals surface area contributed by atoms with E-state index in [1.54, 1.807) is 0 Å². The summed E-state index contributed by atoms with van der Waals surface area (Å²) in [6.45, 7) is 0.605. The molecule has 1 saturated carbocycles. The Bertz CT molecular complexity index is 461. The third-order valence-electron chi connectivity index (χ3n) is 3.64. The molecule has 1 aliphatic rings. The zero-order valence-corrected chi connectivity index (χ0v) is 10.9. The molecule has 2 unspecified atom stereocenters. The minimum Gasteiger partial charge on any atom is -0.393 e. The lowest BCUT2D eigenvalue weighted by Crippen LogP contribution is -2.23. The lowest BCUT2D eigenvalue weighted by molar-refractivity contribution is -0.138. The Morgan fingerprint density at radius 1 is 1.25 bits per heavy atom. The van der Waals surface area contributed by atoms with Gasteiger partial charge in [-0.05, 0) is 49.4 Å². The molecule has 6 heteroatoms. The van der Waals surface area contributed by atoms with Crippen LogP contribution >= 0.6 is 0 Å². The van der Waals surface area contributed by atoms with Gasteiger partial charge in [-0.25, -0.2) is 4.39 Å². The molecule has 0 aliphatic heterocycles. The molecule has 20 heavy (non-hydrogen) atoms. The fourth-order valence-electron chi connectivity index (χ4n) is 2.61. The Kier molecular flexibility index (Phi) is 4.65. The summed E-state index contributed by atoms with van der Waals surface area (Å²) in [4.78, 5) is 0. The first-order valence-electron chi connectivity index (χ1n) is 6.60. The van der Waals surface area contributed by atoms with E-state index in [0.717, 1.165) is 25.0 Å². The molecule has 2 N–H and O–H groups in total. The second kappa shape index (κ2) is 6.10. The topological polar surface area (TPSA) is 32.3 Å². The van der Waals surface area contributed by atoms with Crippen LogP contribution in [0.4, 0.5) is 17.6 Å². The fourth-order valence-corrected chi connectivity index (χ4v) is 2.61. The maximum absolute atomic E-state index is 12.9. The molecule has 0 aromatic heterocycles. The molecular weight excluding hydrogens is 274 g/mol. The summed E-state index contributed by atoms with van der Waals surface area (Å²) in [7, 11) is 0. The normalized spacial score (nSPS) is 23.2. The van der Waals surface area contributed by atoms with E-state index in [9.17, 15) is 22.7 Å². The Balaban J connectivity index is 1.95. The Morgan fingerprint density at radius 2 is 2.00 bits per heavy atom. The van der Waals surface area contributed by atoms with Crippen LogP contribution in [0.5, 0.6) is 0 Å². The smallest absolute Gasteiger partial charge is 0.393 e. The molecule has 2 nitrogen and oxygen atoms in total. The minimum atomic E-state index is -4.55. The summed E-state index contributed by atoms with van der Waals surface area (Å²) < 4.78 is 51.3. The summed E-state index contributed by atoms with van der Waals surface area (Å²) in [5, 5.41) is 12.3. The summed E-state index contributed by atoms with van der Waals surface area (Å²) in [6, 6.07) is 2.72. The van der Waals surface area contributed by atoms with Crippen LogP contribution in [0.3, 0.4) is 0 Å². The zero-order valence-electron chi connectivity index (χ0n) is 10.9. The van der Waals surface area contributed by atoms with Crippen molar-refractivity contribution in [2.45, 2.75) is 38.1 Å². The predicted molar refractivity (Wildman–Crippen MR) is 66.5 cm³/mol. The molecule has 0 heterocycles. The lowest BCUT2D eigenvalue weighted by Gasteiger charge is -2.15. The average Bonchev–Trinajstić information content (AvgIpc) is 2.76. The number of rotatable bonds is 4.